The Morgan fingerprint density at radius 1 is 1.00 bits per heavy atom. The predicted molar refractivity (Wildman–Crippen MR) is 133 cm³/mol. The molecule has 3 aromatic carbocycles. The van der Waals surface area contributed by atoms with Crippen LogP contribution >= 0.6 is 11.8 Å². The second kappa shape index (κ2) is 8.63. The summed E-state index contributed by atoms with van der Waals surface area (Å²) in [5, 5.41) is 10.8. The third-order valence-electron chi connectivity index (χ3n) is 5.72. The zero-order valence-corrected chi connectivity index (χ0v) is 19.4. The molecule has 0 radical (unpaired) electrons. The van der Waals surface area contributed by atoms with E-state index in [9.17, 15) is 10.1 Å². The van der Waals surface area contributed by atoms with Crippen molar-refractivity contribution in [3.05, 3.63) is 94.0 Å². The quantitative estimate of drug-likeness (QED) is 0.239. The van der Waals surface area contributed by atoms with E-state index in [1.165, 1.54) is 29.0 Å². The number of benzene rings is 3. The number of hydrogen-bond donors (Lipinski definition) is 0. The van der Waals surface area contributed by atoms with Crippen molar-refractivity contribution in [3.63, 3.8) is 0 Å². The van der Waals surface area contributed by atoms with Gasteiger partial charge in [-0.25, -0.2) is 0 Å². The highest BCUT2D eigenvalue weighted by molar-refractivity contribution is 7.99. The van der Waals surface area contributed by atoms with E-state index in [0.717, 1.165) is 21.0 Å². The standard InChI is InChI=1S/C26H25N3O2S/c1-18-16-26(2,3)28(4)25-14-5-19(15-24(18)25)17-27-20-6-10-22(11-7-20)32-23-12-8-21(9-13-23)29(30)31/h5-17H,1-4H3. The molecule has 0 amide bonds. The van der Waals surface area contributed by atoms with Crippen molar-refractivity contribution < 1.29 is 4.92 Å². The number of anilines is 1. The van der Waals surface area contributed by atoms with Crippen LogP contribution in [0.4, 0.5) is 17.1 Å². The number of fused-ring (bicyclic) bond motifs is 1. The Kier molecular flexibility index (Phi) is 5.89. The lowest BCUT2D eigenvalue weighted by molar-refractivity contribution is -0.384. The molecule has 0 saturated carbocycles. The van der Waals surface area contributed by atoms with E-state index >= 15 is 0 Å². The summed E-state index contributed by atoms with van der Waals surface area (Å²) in [6, 6.07) is 21.0. The maximum absolute atomic E-state index is 10.8. The minimum absolute atomic E-state index is 0.000908. The number of rotatable bonds is 5. The maximum Gasteiger partial charge on any atom is 0.269 e. The van der Waals surface area contributed by atoms with Crippen LogP contribution in [-0.2, 0) is 0 Å². The van der Waals surface area contributed by atoms with E-state index in [1.54, 1.807) is 23.9 Å². The molecule has 1 heterocycles. The number of likely N-dealkylation sites (N-methyl/N-ethyl adjacent to an activating group) is 1. The van der Waals surface area contributed by atoms with Crippen molar-refractivity contribution in [1.29, 1.82) is 0 Å². The van der Waals surface area contributed by atoms with Crippen LogP contribution in [-0.4, -0.2) is 23.7 Å². The van der Waals surface area contributed by atoms with Crippen molar-refractivity contribution in [2.75, 3.05) is 11.9 Å². The number of nitro benzene ring substituents is 1. The molecule has 0 spiro atoms. The Labute approximate surface area is 192 Å². The van der Waals surface area contributed by atoms with Crippen molar-refractivity contribution in [1.82, 2.24) is 0 Å². The smallest absolute Gasteiger partial charge is 0.269 e. The van der Waals surface area contributed by atoms with E-state index in [4.69, 9.17) is 0 Å². The van der Waals surface area contributed by atoms with Gasteiger partial charge in [0.1, 0.15) is 0 Å². The zero-order valence-electron chi connectivity index (χ0n) is 18.6. The van der Waals surface area contributed by atoms with Gasteiger partial charge in [0, 0.05) is 46.4 Å². The first-order chi connectivity index (χ1) is 15.2. The first kappa shape index (κ1) is 21.8. The molecule has 0 unspecified atom stereocenters. The van der Waals surface area contributed by atoms with Gasteiger partial charge in [0.05, 0.1) is 16.1 Å². The van der Waals surface area contributed by atoms with Gasteiger partial charge in [0.2, 0.25) is 0 Å². The molecule has 0 atom stereocenters. The number of nitrogens with zero attached hydrogens (tertiary/aromatic N) is 3. The van der Waals surface area contributed by atoms with Gasteiger partial charge >= 0.3 is 0 Å². The topological polar surface area (TPSA) is 58.7 Å². The molecule has 0 bridgehead atoms. The summed E-state index contributed by atoms with van der Waals surface area (Å²) in [5.41, 5.74) is 5.80. The largest absolute Gasteiger partial charge is 0.366 e. The molecule has 0 N–H and O–H groups in total. The lowest BCUT2D eigenvalue weighted by Crippen LogP contribution is -2.42. The molecule has 3 aromatic rings. The fourth-order valence-corrected chi connectivity index (χ4v) is 4.59. The van der Waals surface area contributed by atoms with Crippen LogP contribution in [0, 0.1) is 10.1 Å². The first-order valence-electron chi connectivity index (χ1n) is 10.4. The summed E-state index contributed by atoms with van der Waals surface area (Å²) >= 11 is 1.56. The minimum atomic E-state index is -0.388. The molecular weight excluding hydrogens is 418 g/mol. The van der Waals surface area contributed by atoms with Gasteiger partial charge in [0.25, 0.3) is 5.69 Å². The van der Waals surface area contributed by atoms with E-state index in [0.29, 0.717) is 0 Å². The van der Waals surface area contributed by atoms with Gasteiger partial charge in [0.15, 0.2) is 0 Å². The second-order valence-corrected chi connectivity index (χ2v) is 9.57. The Morgan fingerprint density at radius 3 is 2.25 bits per heavy atom. The predicted octanol–water partition coefficient (Wildman–Crippen LogP) is 7.13. The summed E-state index contributed by atoms with van der Waals surface area (Å²) < 4.78 is 0. The SMILES string of the molecule is CC1=CC(C)(C)N(C)c2ccc(C=Nc3ccc(Sc4ccc([N+](=O)[O-])cc4)cc3)cc21. The third kappa shape index (κ3) is 4.60. The number of allylic oxidation sites excluding steroid dienone is 1. The van der Waals surface area contributed by atoms with Crippen molar-refractivity contribution in [3.8, 4) is 0 Å². The third-order valence-corrected chi connectivity index (χ3v) is 6.74. The molecule has 32 heavy (non-hydrogen) atoms. The highest BCUT2D eigenvalue weighted by Gasteiger charge is 2.28. The highest BCUT2D eigenvalue weighted by atomic mass is 32.2. The van der Waals surface area contributed by atoms with Crippen molar-refractivity contribution >= 4 is 40.6 Å². The van der Waals surface area contributed by atoms with E-state index in [2.05, 4.69) is 62.0 Å². The summed E-state index contributed by atoms with van der Waals surface area (Å²) in [6.07, 6.45) is 4.20. The Morgan fingerprint density at radius 2 is 1.62 bits per heavy atom. The molecule has 6 heteroatoms. The molecule has 162 valence electrons. The monoisotopic (exact) mass is 443 g/mol. The fourth-order valence-electron chi connectivity index (χ4n) is 3.78. The number of nitro groups is 1. The Hall–Kier alpha value is -3.38. The number of hydrogen-bond acceptors (Lipinski definition) is 5. The molecule has 4 rings (SSSR count). The van der Waals surface area contributed by atoms with Crippen LogP contribution in [0.2, 0.25) is 0 Å². The minimum Gasteiger partial charge on any atom is -0.366 e. The van der Waals surface area contributed by atoms with E-state index < -0.39 is 0 Å². The van der Waals surface area contributed by atoms with Gasteiger partial charge in [-0.3, -0.25) is 15.1 Å². The highest BCUT2D eigenvalue weighted by Crippen LogP contribution is 2.38. The first-order valence-corrected chi connectivity index (χ1v) is 11.2. The average Bonchev–Trinajstić information content (AvgIpc) is 2.77. The van der Waals surface area contributed by atoms with Crippen LogP contribution in [0.1, 0.15) is 31.9 Å². The Bertz CT molecular complexity index is 1210. The zero-order chi connectivity index (χ0) is 22.9. The van der Waals surface area contributed by atoms with Crippen LogP contribution in [0.3, 0.4) is 0 Å². The molecular formula is C26H25N3O2S. The second-order valence-electron chi connectivity index (χ2n) is 8.42. The Balaban J connectivity index is 1.46. The van der Waals surface area contributed by atoms with Gasteiger partial charge in [-0.1, -0.05) is 23.9 Å². The van der Waals surface area contributed by atoms with Gasteiger partial charge in [-0.05, 0) is 80.4 Å². The average molecular weight is 444 g/mol. The lowest BCUT2D eigenvalue weighted by Gasteiger charge is -2.40. The van der Waals surface area contributed by atoms with E-state index in [1.807, 2.05) is 30.5 Å². The molecule has 0 saturated heterocycles. The van der Waals surface area contributed by atoms with Crippen molar-refractivity contribution in [2.24, 2.45) is 4.99 Å². The van der Waals surface area contributed by atoms with Gasteiger partial charge in [-0.15, -0.1) is 0 Å². The summed E-state index contributed by atoms with van der Waals surface area (Å²) in [5.74, 6) is 0. The normalized spacial score (nSPS) is 14.9. The van der Waals surface area contributed by atoms with Crippen LogP contribution in [0.15, 0.2) is 87.6 Å². The van der Waals surface area contributed by atoms with Crippen LogP contribution < -0.4 is 4.90 Å². The fraction of sp³-hybridized carbons (Fsp3) is 0.192. The molecule has 5 nitrogen and oxygen atoms in total. The van der Waals surface area contributed by atoms with Gasteiger partial charge in [-0.2, -0.15) is 0 Å². The molecule has 1 aliphatic heterocycles. The number of non-ortho nitro benzene ring substituents is 1. The molecule has 0 aliphatic carbocycles. The molecule has 0 aromatic heterocycles. The lowest BCUT2D eigenvalue weighted by atomic mass is 9.89. The van der Waals surface area contributed by atoms with Crippen LogP contribution in [0.25, 0.3) is 5.57 Å². The summed E-state index contributed by atoms with van der Waals surface area (Å²) in [6.45, 7) is 6.60. The molecule has 1 aliphatic rings. The van der Waals surface area contributed by atoms with Crippen LogP contribution in [0.5, 0.6) is 0 Å². The molecule has 0 fully saturated rings. The maximum atomic E-state index is 10.8. The summed E-state index contributed by atoms with van der Waals surface area (Å²) in [7, 11) is 2.13. The van der Waals surface area contributed by atoms with Crippen molar-refractivity contribution in [2.45, 2.75) is 36.1 Å². The van der Waals surface area contributed by atoms with E-state index in [-0.39, 0.29) is 16.1 Å². The summed E-state index contributed by atoms with van der Waals surface area (Å²) in [4.78, 5) is 19.3. The number of aliphatic imine (C=N–C) groups is 1. The van der Waals surface area contributed by atoms with Gasteiger partial charge < -0.3 is 4.90 Å².